The van der Waals surface area contributed by atoms with Gasteiger partial charge >= 0.3 is 0 Å². The highest BCUT2D eigenvalue weighted by atomic mass is 19.1. The number of hydrogen-bond donors (Lipinski definition) is 3. The van der Waals surface area contributed by atoms with Crippen LogP contribution in [0.3, 0.4) is 0 Å². The summed E-state index contributed by atoms with van der Waals surface area (Å²) >= 11 is 0. The quantitative estimate of drug-likeness (QED) is 0.721. The minimum absolute atomic E-state index is 0.0214. The van der Waals surface area contributed by atoms with Crippen LogP contribution >= 0.6 is 0 Å². The van der Waals surface area contributed by atoms with Crippen LogP contribution in [0.15, 0.2) is 54.6 Å². The van der Waals surface area contributed by atoms with E-state index >= 15 is 0 Å². The summed E-state index contributed by atoms with van der Waals surface area (Å²) < 4.78 is 13.6. The van der Waals surface area contributed by atoms with E-state index < -0.39 is 18.0 Å². The molecule has 0 radical (unpaired) electrons. The summed E-state index contributed by atoms with van der Waals surface area (Å²) in [6.45, 7) is 1.27. The van der Waals surface area contributed by atoms with Gasteiger partial charge in [-0.2, -0.15) is 0 Å². The number of carbonyl (C=O) groups is 2. The Labute approximate surface area is 145 Å². The lowest BCUT2D eigenvalue weighted by Gasteiger charge is -2.19. The molecule has 0 heterocycles. The van der Waals surface area contributed by atoms with E-state index in [4.69, 9.17) is 0 Å². The van der Waals surface area contributed by atoms with Crippen LogP contribution in [-0.2, 0) is 9.59 Å². The summed E-state index contributed by atoms with van der Waals surface area (Å²) in [5.41, 5.74) is 0.937. The van der Waals surface area contributed by atoms with Crippen molar-refractivity contribution in [2.24, 2.45) is 0 Å². The Balaban J connectivity index is 1.95. The zero-order valence-electron chi connectivity index (χ0n) is 13.9. The highest BCUT2D eigenvalue weighted by molar-refractivity contribution is 5.79. The van der Waals surface area contributed by atoms with Gasteiger partial charge in [0.05, 0.1) is 18.6 Å². The molecule has 0 aliphatic heterocycles. The molecule has 5 nitrogen and oxygen atoms in total. The molecule has 0 aliphatic rings. The van der Waals surface area contributed by atoms with Gasteiger partial charge in [0.2, 0.25) is 11.8 Å². The lowest BCUT2D eigenvalue weighted by Crippen LogP contribution is -2.34. The van der Waals surface area contributed by atoms with E-state index in [0.717, 1.165) is 5.56 Å². The number of aliphatic hydroxyl groups is 1. The van der Waals surface area contributed by atoms with Crippen molar-refractivity contribution in [2.75, 3.05) is 6.54 Å². The number of hydrogen-bond acceptors (Lipinski definition) is 3. The maximum absolute atomic E-state index is 13.6. The molecule has 0 aromatic heterocycles. The van der Waals surface area contributed by atoms with Crippen molar-refractivity contribution in [3.05, 3.63) is 71.5 Å². The Kier molecular flexibility index (Phi) is 6.65. The van der Waals surface area contributed by atoms with Gasteiger partial charge in [0.15, 0.2) is 0 Å². The fourth-order valence-electron chi connectivity index (χ4n) is 2.51. The highest BCUT2D eigenvalue weighted by Gasteiger charge is 2.18. The highest BCUT2D eigenvalue weighted by Crippen LogP contribution is 2.18. The third-order valence-electron chi connectivity index (χ3n) is 3.73. The third kappa shape index (κ3) is 5.69. The fourth-order valence-corrected chi connectivity index (χ4v) is 2.51. The monoisotopic (exact) mass is 344 g/mol. The van der Waals surface area contributed by atoms with Crippen molar-refractivity contribution in [2.45, 2.75) is 25.5 Å². The maximum atomic E-state index is 13.6. The second-order valence-electron chi connectivity index (χ2n) is 5.71. The number of benzene rings is 2. The molecule has 25 heavy (non-hydrogen) atoms. The zero-order chi connectivity index (χ0) is 18.2. The molecule has 0 bridgehead atoms. The Hall–Kier alpha value is -2.73. The number of aliphatic hydroxyl groups excluding tert-OH is 1. The van der Waals surface area contributed by atoms with E-state index in [0.29, 0.717) is 0 Å². The van der Waals surface area contributed by atoms with Gasteiger partial charge in [0.25, 0.3) is 0 Å². The van der Waals surface area contributed by atoms with Gasteiger partial charge in [-0.25, -0.2) is 4.39 Å². The fraction of sp³-hybridized carbons (Fsp3) is 0.263. The van der Waals surface area contributed by atoms with Crippen LogP contribution in [0.1, 0.15) is 36.6 Å². The molecule has 6 heteroatoms. The summed E-state index contributed by atoms with van der Waals surface area (Å²) in [4.78, 5) is 23.5. The number of amides is 2. The van der Waals surface area contributed by atoms with Crippen LogP contribution in [0.4, 0.5) is 4.39 Å². The minimum Gasteiger partial charge on any atom is -0.386 e. The Morgan fingerprint density at radius 3 is 2.36 bits per heavy atom. The van der Waals surface area contributed by atoms with Crippen LogP contribution in [0, 0.1) is 5.82 Å². The molecule has 0 saturated heterocycles. The number of nitrogens with one attached hydrogen (secondary N) is 2. The van der Waals surface area contributed by atoms with Gasteiger partial charge in [-0.1, -0.05) is 48.5 Å². The van der Waals surface area contributed by atoms with E-state index in [9.17, 15) is 19.1 Å². The summed E-state index contributed by atoms with van der Waals surface area (Å²) in [5.74, 6) is -1.12. The van der Waals surface area contributed by atoms with Crippen molar-refractivity contribution < 1.29 is 19.1 Å². The van der Waals surface area contributed by atoms with Crippen molar-refractivity contribution in [1.82, 2.24) is 10.6 Å². The SMILES string of the molecule is CC(=O)NC(CC(=O)NCC(O)c1ccccc1F)c1ccccc1. The Morgan fingerprint density at radius 1 is 1.08 bits per heavy atom. The molecule has 2 rings (SSSR count). The van der Waals surface area contributed by atoms with E-state index in [-0.39, 0.29) is 30.3 Å². The first-order chi connectivity index (χ1) is 12.0. The van der Waals surface area contributed by atoms with Crippen LogP contribution < -0.4 is 10.6 Å². The number of carbonyl (C=O) groups excluding carboxylic acids is 2. The van der Waals surface area contributed by atoms with Crippen LogP contribution in [-0.4, -0.2) is 23.5 Å². The topological polar surface area (TPSA) is 78.4 Å². The van der Waals surface area contributed by atoms with Gasteiger partial charge < -0.3 is 15.7 Å². The Morgan fingerprint density at radius 2 is 1.72 bits per heavy atom. The van der Waals surface area contributed by atoms with Crippen molar-refractivity contribution >= 4 is 11.8 Å². The molecule has 132 valence electrons. The molecule has 3 N–H and O–H groups in total. The predicted molar refractivity (Wildman–Crippen MR) is 92.0 cm³/mol. The van der Waals surface area contributed by atoms with E-state index in [2.05, 4.69) is 10.6 Å². The molecular weight excluding hydrogens is 323 g/mol. The van der Waals surface area contributed by atoms with Gasteiger partial charge in [-0.3, -0.25) is 9.59 Å². The predicted octanol–water partition coefficient (Wildman–Crippen LogP) is 2.24. The third-order valence-corrected chi connectivity index (χ3v) is 3.73. The largest absolute Gasteiger partial charge is 0.386 e. The average molecular weight is 344 g/mol. The van der Waals surface area contributed by atoms with E-state index in [1.165, 1.54) is 25.1 Å². The normalized spacial score (nSPS) is 12.9. The molecule has 2 aromatic carbocycles. The minimum atomic E-state index is -1.14. The summed E-state index contributed by atoms with van der Waals surface area (Å²) in [6, 6.07) is 14.5. The number of halogens is 1. The van der Waals surface area contributed by atoms with Crippen molar-refractivity contribution in [3.63, 3.8) is 0 Å². The summed E-state index contributed by atoms with van der Waals surface area (Å²) in [6.07, 6.45) is -1.12. The van der Waals surface area contributed by atoms with Gasteiger partial charge in [0.1, 0.15) is 5.82 Å². The lowest BCUT2D eigenvalue weighted by molar-refractivity contribution is -0.123. The molecule has 0 spiro atoms. The van der Waals surface area contributed by atoms with Gasteiger partial charge in [-0.15, -0.1) is 0 Å². The second kappa shape index (κ2) is 8.94. The molecule has 2 unspecified atom stereocenters. The molecule has 0 aliphatic carbocycles. The smallest absolute Gasteiger partial charge is 0.222 e. The van der Waals surface area contributed by atoms with Gasteiger partial charge in [-0.05, 0) is 11.6 Å². The van der Waals surface area contributed by atoms with E-state index in [1.807, 2.05) is 30.3 Å². The molecule has 2 amide bonds. The average Bonchev–Trinajstić information content (AvgIpc) is 2.60. The van der Waals surface area contributed by atoms with Crippen LogP contribution in [0.25, 0.3) is 0 Å². The summed E-state index contributed by atoms with van der Waals surface area (Å²) in [5, 5.41) is 15.3. The lowest BCUT2D eigenvalue weighted by atomic mass is 10.0. The molecular formula is C19H21FN2O3. The standard InChI is InChI=1S/C19H21FN2O3/c1-13(23)22-17(14-7-3-2-4-8-14)11-19(25)21-12-18(24)15-9-5-6-10-16(15)20/h2-10,17-18,24H,11-12H2,1H3,(H,21,25)(H,22,23). The molecule has 0 fully saturated rings. The van der Waals surface area contributed by atoms with Crippen molar-refractivity contribution in [3.8, 4) is 0 Å². The first kappa shape index (κ1) is 18.6. The zero-order valence-corrected chi connectivity index (χ0v) is 13.9. The number of rotatable bonds is 7. The summed E-state index contributed by atoms with van der Waals surface area (Å²) in [7, 11) is 0. The second-order valence-corrected chi connectivity index (χ2v) is 5.71. The van der Waals surface area contributed by atoms with Crippen molar-refractivity contribution in [1.29, 1.82) is 0 Å². The van der Waals surface area contributed by atoms with Crippen LogP contribution in [0.2, 0.25) is 0 Å². The first-order valence-corrected chi connectivity index (χ1v) is 7.98. The molecule has 2 atom stereocenters. The maximum Gasteiger partial charge on any atom is 0.222 e. The van der Waals surface area contributed by atoms with Crippen LogP contribution in [0.5, 0.6) is 0 Å². The first-order valence-electron chi connectivity index (χ1n) is 7.98. The van der Waals surface area contributed by atoms with Gasteiger partial charge in [0, 0.05) is 19.0 Å². The molecule has 2 aromatic rings. The van der Waals surface area contributed by atoms with E-state index in [1.54, 1.807) is 6.07 Å². The molecule has 0 saturated carbocycles. The Bertz CT molecular complexity index is 722.